The van der Waals surface area contributed by atoms with E-state index in [0.717, 1.165) is 25.0 Å². The van der Waals surface area contributed by atoms with Gasteiger partial charge >= 0.3 is 0 Å². The molecule has 2 saturated heterocycles. The molecule has 0 aromatic heterocycles. The topological polar surface area (TPSA) is 24.5 Å². The van der Waals surface area contributed by atoms with Crippen LogP contribution in [0.5, 0.6) is 0 Å². The number of hydrogen-bond donors (Lipinski definition) is 1. The molecule has 110 valence electrons. The maximum Gasteiger partial charge on any atom is 0.0480 e. The molecule has 3 nitrogen and oxygen atoms in total. The van der Waals surface area contributed by atoms with E-state index in [0.29, 0.717) is 6.04 Å². The summed E-state index contributed by atoms with van der Waals surface area (Å²) < 4.78 is 5.40. The van der Waals surface area contributed by atoms with Crippen LogP contribution in [0, 0.1) is 11.8 Å². The maximum atomic E-state index is 5.40. The zero-order valence-electron chi connectivity index (χ0n) is 12.3. The lowest BCUT2D eigenvalue weighted by atomic mass is 9.75. The first-order chi connectivity index (χ1) is 9.42. The van der Waals surface area contributed by atoms with E-state index in [9.17, 15) is 0 Å². The Kier molecular flexibility index (Phi) is 5.14. The first-order valence-corrected chi connectivity index (χ1v) is 8.45. The molecule has 0 aromatic carbocycles. The van der Waals surface area contributed by atoms with Crippen LogP contribution in [0.3, 0.4) is 0 Å². The molecular formula is C16H30N2O. The van der Waals surface area contributed by atoms with E-state index in [1.807, 2.05) is 0 Å². The second kappa shape index (κ2) is 7.05. The number of piperidine rings is 1. The summed E-state index contributed by atoms with van der Waals surface area (Å²) in [7, 11) is 0. The average Bonchev–Trinajstić information content (AvgIpc) is 2.48. The molecule has 1 aliphatic carbocycles. The molecule has 0 amide bonds. The molecule has 0 aromatic rings. The standard InChI is InChI=1S/C16H30N2O/c1-2-4-15-13-18(9-5-14(15)3-1)10-8-17-16-6-11-19-12-7-16/h14-17H,1-13H2. The Morgan fingerprint density at radius 1 is 0.947 bits per heavy atom. The minimum atomic E-state index is 0.709. The summed E-state index contributed by atoms with van der Waals surface area (Å²) in [5, 5.41) is 3.72. The summed E-state index contributed by atoms with van der Waals surface area (Å²) in [6.07, 6.45) is 9.84. The lowest BCUT2D eigenvalue weighted by Crippen LogP contribution is -2.45. The van der Waals surface area contributed by atoms with Crippen LogP contribution in [-0.2, 0) is 4.74 Å². The van der Waals surface area contributed by atoms with Crippen LogP contribution >= 0.6 is 0 Å². The van der Waals surface area contributed by atoms with Gasteiger partial charge in [0, 0.05) is 38.9 Å². The number of ether oxygens (including phenoxy) is 1. The predicted molar refractivity (Wildman–Crippen MR) is 78.3 cm³/mol. The molecule has 1 saturated carbocycles. The highest BCUT2D eigenvalue weighted by atomic mass is 16.5. The summed E-state index contributed by atoms with van der Waals surface area (Å²) in [6, 6.07) is 0.709. The van der Waals surface area contributed by atoms with E-state index in [-0.39, 0.29) is 0 Å². The van der Waals surface area contributed by atoms with Gasteiger partial charge in [-0.2, -0.15) is 0 Å². The van der Waals surface area contributed by atoms with Crippen LogP contribution in [0.2, 0.25) is 0 Å². The van der Waals surface area contributed by atoms with Crippen molar-refractivity contribution in [3.05, 3.63) is 0 Å². The first kappa shape index (κ1) is 13.8. The third kappa shape index (κ3) is 3.93. The Bertz CT molecular complexity index is 265. The van der Waals surface area contributed by atoms with Gasteiger partial charge in [-0.25, -0.2) is 0 Å². The molecule has 2 heterocycles. The van der Waals surface area contributed by atoms with Crippen molar-refractivity contribution in [2.75, 3.05) is 39.4 Å². The van der Waals surface area contributed by atoms with Crippen LogP contribution in [0.4, 0.5) is 0 Å². The van der Waals surface area contributed by atoms with Crippen molar-refractivity contribution >= 4 is 0 Å². The fraction of sp³-hybridized carbons (Fsp3) is 1.00. The minimum Gasteiger partial charge on any atom is -0.381 e. The molecule has 19 heavy (non-hydrogen) atoms. The highest BCUT2D eigenvalue weighted by molar-refractivity contribution is 4.84. The van der Waals surface area contributed by atoms with Crippen LogP contribution in [-0.4, -0.2) is 50.3 Å². The number of nitrogens with zero attached hydrogens (tertiary/aromatic N) is 1. The number of fused-ring (bicyclic) bond motifs is 1. The summed E-state index contributed by atoms with van der Waals surface area (Å²) in [4.78, 5) is 2.71. The van der Waals surface area contributed by atoms with Gasteiger partial charge < -0.3 is 15.0 Å². The Balaban J connectivity index is 1.34. The Morgan fingerprint density at radius 2 is 1.74 bits per heavy atom. The largest absolute Gasteiger partial charge is 0.381 e. The summed E-state index contributed by atoms with van der Waals surface area (Å²) in [5.74, 6) is 2.08. The number of hydrogen-bond acceptors (Lipinski definition) is 3. The van der Waals surface area contributed by atoms with E-state index in [1.54, 1.807) is 0 Å². The third-order valence-corrected chi connectivity index (χ3v) is 5.46. The normalized spacial score (nSPS) is 34.1. The molecule has 2 atom stereocenters. The quantitative estimate of drug-likeness (QED) is 0.845. The molecule has 1 N–H and O–H groups in total. The van der Waals surface area contributed by atoms with Crippen molar-refractivity contribution in [1.29, 1.82) is 0 Å². The number of rotatable bonds is 4. The Morgan fingerprint density at radius 3 is 2.58 bits per heavy atom. The Hall–Kier alpha value is -0.120. The van der Waals surface area contributed by atoms with Crippen molar-refractivity contribution in [3.63, 3.8) is 0 Å². The average molecular weight is 266 g/mol. The molecule has 3 rings (SSSR count). The summed E-state index contributed by atoms with van der Waals surface area (Å²) >= 11 is 0. The maximum absolute atomic E-state index is 5.40. The predicted octanol–water partition coefficient (Wildman–Crippen LogP) is 2.27. The highest BCUT2D eigenvalue weighted by Crippen LogP contribution is 2.35. The molecule has 2 unspecified atom stereocenters. The van der Waals surface area contributed by atoms with Crippen molar-refractivity contribution < 1.29 is 4.74 Å². The van der Waals surface area contributed by atoms with Gasteiger partial charge in [-0.05, 0) is 44.1 Å². The number of likely N-dealkylation sites (tertiary alicyclic amines) is 1. The van der Waals surface area contributed by atoms with E-state index < -0.39 is 0 Å². The van der Waals surface area contributed by atoms with Gasteiger partial charge in [0.15, 0.2) is 0 Å². The molecular weight excluding hydrogens is 236 g/mol. The van der Waals surface area contributed by atoms with Crippen LogP contribution in [0.25, 0.3) is 0 Å². The van der Waals surface area contributed by atoms with Gasteiger partial charge in [0.05, 0.1) is 0 Å². The van der Waals surface area contributed by atoms with Crippen molar-refractivity contribution in [3.8, 4) is 0 Å². The second-order valence-corrected chi connectivity index (χ2v) is 6.73. The van der Waals surface area contributed by atoms with Gasteiger partial charge in [0.2, 0.25) is 0 Å². The first-order valence-electron chi connectivity index (χ1n) is 8.45. The van der Waals surface area contributed by atoms with Gasteiger partial charge in [-0.1, -0.05) is 19.3 Å². The highest BCUT2D eigenvalue weighted by Gasteiger charge is 2.30. The molecule has 3 aliphatic rings. The van der Waals surface area contributed by atoms with Crippen molar-refractivity contribution in [1.82, 2.24) is 10.2 Å². The fourth-order valence-corrected chi connectivity index (χ4v) is 4.21. The van der Waals surface area contributed by atoms with Gasteiger partial charge in [-0.3, -0.25) is 0 Å². The Labute approximate surface area is 118 Å². The molecule has 0 bridgehead atoms. The zero-order valence-corrected chi connectivity index (χ0v) is 12.3. The zero-order chi connectivity index (χ0) is 12.9. The van der Waals surface area contributed by atoms with Crippen LogP contribution in [0.15, 0.2) is 0 Å². The summed E-state index contributed by atoms with van der Waals surface area (Å²) in [6.45, 7) is 7.04. The van der Waals surface area contributed by atoms with E-state index >= 15 is 0 Å². The lowest BCUT2D eigenvalue weighted by molar-refractivity contribution is 0.0710. The molecule has 2 aliphatic heterocycles. The minimum absolute atomic E-state index is 0.709. The monoisotopic (exact) mass is 266 g/mol. The SMILES string of the molecule is C1CCC2CN(CCNC3CCOCC3)CCC2C1. The van der Waals surface area contributed by atoms with Gasteiger partial charge in [0.25, 0.3) is 0 Å². The second-order valence-electron chi connectivity index (χ2n) is 6.73. The van der Waals surface area contributed by atoms with Crippen LogP contribution in [0.1, 0.15) is 44.9 Å². The summed E-state index contributed by atoms with van der Waals surface area (Å²) in [5.41, 5.74) is 0. The molecule has 0 spiro atoms. The van der Waals surface area contributed by atoms with E-state index in [1.165, 1.54) is 71.1 Å². The van der Waals surface area contributed by atoms with Crippen molar-refractivity contribution in [2.45, 2.75) is 51.0 Å². The molecule has 0 radical (unpaired) electrons. The van der Waals surface area contributed by atoms with Crippen LogP contribution < -0.4 is 5.32 Å². The van der Waals surface area contributed by atoms with Crippen molar-refractivity contribution in [2.24, 2.45) is 11.8 Å². The third-order valence-electron chi connectivity index (χ3n) is 5.46. The smallest absolute Gasteiger partial charge is 0.0480 e. The van der Waals surface area contributed by atoms with Gasteiger partial charge in [0.1, 0.15) is 0 Å². The fourth-order valence-electron chi connectivity index (χ4n) is 4.21. The molecule has 3 heteroatoms. The number of nitrogens with one attached hydrogen (secondary N) is 1. The van der Waals surface area contributed by atoms with Gasteiger partial charge in [-0.15, -0.1) is 0 Å². The lowest BCUT2D eigenvalue weighted by Gasteiger charge is -2.41. The van der Waals surface area contributed by atoms with E-state index in [4.69, 9.17) is 4.74 Å². The van der Waals surface area contributed by atoms with E-state index in [2.05, 4.69) is 10.2 Å². The molecule has 3 fully saturated rings.